The van der Waals surface area contributed by atoms with E-state index in [4.69, 9.17) is 15.9 Å². The highest BCUT2D eigenvalue weighted by molar-refractivity contribution is 5.95. The average molecular weight is 314 g/mol. The van der Waals surface area contributed by atoms with Crippen LogP contribution in [0.25, 0.3) is 0 Å². The number of carbonyl (C=O) groups excluding carboxylic acids is 1. The summed E-state index contributed by atoms with van der Waals surface area (Å²) >= 11 is 0. The van der Waals surface area contributed by atoms with Gasteiger partial charge in [-0.3, -0.25) is 9.78 Å². The Bertz CT molecular complexity index is 641. The maximum Gasteiger partial charge on any atom is 0.253 e. The van der Waals surface area contributed by atoms with Crippen LogP contribution in [0, 0.1) is 12.3 Å². The Balaban J connectivity index is 1.56. The molecule has 0 radical (unpaired) electrons. The third-order valence-corrected chi connectivity index (χ3v) is 3.84. The molecule has 0 spiro atoms. The highest BCUT2D eigenvalue weighted by Crippen LogP contribution is 2.36. The van der Waals surface area contributed by atoms with Crippen molar-refractivity contribution in [2.45, 2.75) is 31.2 Å². The van der Waals surface area contributed by atoms with Crippen molar-refractivity contribution in [2.24, 2.45) is 10.2 Å². The van der Waals surface area contributed by atoms with Gasteiger partial charge in [-0.25, -0.2) is 0 Å². The largest absolute Gasteiger partial charge is 0.352 e. The first-order valence-electron chi connectivity index (χ1n) is 7.57. The van der Waals surface area contributed by atoms with Crippen LogP contribution in [0.1, 0.15) is 41.5 Å². The van der Waals surface area contributed by atoms with Crippen molar-refractivity contribution in [2.75, 3.05) is 19.8 Å². The highest BCUT2D eigenvalue weighted by atomic mass is 16.7. The Kier molecular flexibility index (Phi) is 4.65. The molecule has 1 N–H and O–H groups in total. The monoisotopic (exact) mass is 314 g/mol. The quantitative estimate of drug-likeness (QED) is 0.778. The minimum absolute atomic E-state index is 0.208. The van der Waals surface area contributed by atoms with Crippen LogP contribution in [-0.4, -0.2) is 36.3 Å². The fraction of sp³-hybridized carbons (Fsp3) is 0.500. The normalized spacial score (nSPS) is 18.6. The second kappa shape index (κ2) is 6.86. The first-order chi connectivity index (χ1) is 11.2. The summed E-state index contributed by atoms with van der Waals surface area (Å²) in [4.78, 5) is 16.4. The first kappa shape index (κ1) is 15.6. The van der Waals surface area contributed by atoms with Gasteiger partial charge in [0.1, 0.15) is 0 Å². The number of rotatable bonds is 7. The minimum Gasteiger partial charge on any atom is -0.352 e. The van der Waals surface area contributed by atoms with Gasteiger partial charge in [-0.15, -0.1) is 12.3 Å². The van der Waals surface area contributed by atoms with Crippen molar-refractivity contribution in [1.82, 2.24) is 10.3 Å². The van der Waals surface area contributed by atoms with Crippen LogP contribution in [0.2, 0.25) is 0 Å². The third-order valence-electron chi connectivity index (χ3n) is 3.84. The molecule has 1 aromatic heterocycles. The zero-order valence-corrected chi connectivity index (χ0v) is 12.7. The van der Waals surface area contributed by atoms with E-state index in [-0.39, 0.29) is 5.91 Å². The first-order valence-corrected chi connectivity index (χ1v) is 7.57. The molecule has 0 saturated carbocycles. The molecule has 0 unspecified atom stereocenters. The molecule has 0 bridgehead atoms. The number of amides is 1. The van der Waals surface area contributed by atoms with Crippen molar-refractivity contribution in [3.63, 3.8) is 0 Å². The van der Waals surface area contributed by atoms with Gasteiger partial charge in [0.15, 0.2) is 12.0 Å². The smallest absolute Gasteiger partial charge is 0.253 e. The van der Waals surface area contributed by atoms with Crippen molar-refractivity contribution >= 4 is 5.91 Å². The molecule has 3 rings (SSSR count). The fourth-order valence-electron chi connectivity index (χ4n) is 2.48. The lowest BCUT2D eigenvalue weighted by molar-refractivity contribution is -0.0446. The molecule has 3 heterocycles. The van der Waals surface area contributed by atoms with Crippen molar-refractivity contribution in [3.8, 4) is 12.3 Å². The van der Waals surface area contributed by atoms with Gasteiger partial charge in [0.2, 0.25) is 0 Å². The predicted octanol–water partition coefficient (Wildman–Crippen LogP) is 1.82. The maximum atomic E-state index is 12.4. The molecule has 1 saturated heterocycles. The van der Waals surface area contributed by atoms with E-state index in [2.05, 4.69) is 26.4 Å². The number of pyridine rings is 1. The topological polar surface area (TPSA) is 85.2 Å². The molecule has 7 nitrogen and oxygen atoms in total. The molecule has 2 aliphatic heterocycles. The summed E-state index contributed by atoms with van der Waals surface area (Å²) in [6.45, 7) is 1.51. The molecule has 1 fully saturated rings. The van der Waals surface area contributed by atoms with Gasteiger partial charge in [0, 0.05) is 43.8 Å². The summed E-state index contributed by atoms with van der Waals surface area (Å²) in [5.41, 5.74) is 0.759. The average Bonchev–Trinajstić information content (AvgIpc) is 3.13. The SMILES string of the molecule is C#CCCC1(CCNC(=O)c2cnccc2C2OCCO2)N=N1. The second-order valence-electron chi connectivity index (χ2n) is 5.43. The summed E-state index contributed by atoms with van der Waals surface area (Å²) in [6, 6.07) is 1.74. The van der Waals surface area contributed by atoms with E-state index in [0.29, 0.717) is 43.7 Å². The molecule has 0 aliphatic carbocycles. The molecule has 23 heavy (non-hydrogen) atoms. The number of carbonyl (C=O) groups is 1. The Labute approximate surface area is 134 Å². The standard InChI is InChI=1S/C16H18N4O3/c1-2-3-5-16(19-20-16)6-8-18-14(21)13-11-17-7-4-12(13)15-22-9-10-23-15/h1,4,7,11,15H,3,5-6,8-10H2,(H,18,21). The van der Waals surface area contributed by atoms with E-state index >= 15 is 0 Å². The van der Waals surface area contributed by atoms with E-state index in [1.807, 2.05) is 0 Å². The molecule has 0 atom stereocenters. The van der Waals surface area contributed by atoms with E-state index in [0.717, 1.165) is 6.42 Å². The third kappa shape index (κ3) is 3.73. The lowest BCUT2D eigenvalue weighted by atomic mass is 10.0. The van der Waals surface area contributed by atoms with Crippen LogP contribution in [-0.2, 0) is 9.47 Å². The number of aromatic nitrogens is 1. The van der Waals surface area contributed by atoms with Gasteiger partial charge < -0.3 is 14.8 Å². The molecule has 120 valence electrons. The lowest BCUT2D eigenvalue weighted by Gasteiger charge is -2.14. The zero-order valence-electron chi connectivity index (χ0n) is 12.7. The summed E-state index contributed by atoms with van der Waals surface area (Å²) in [5, 5.41) is 11.0. The van der Waals surface area contributed by atoms with Crippen LogP contribution in [0.15, 0.2) is 28.7 Å². The molecule has 1 amide bonds. The van der Waals surface area contributed by atoms with Crippen LogP contribution >= 0.6 is 0 Å². The number of nitrogens with one attached hydrogen (secondary N) is 1. The molecule has 0 aromatic carbocycles. The fourth-order valence-corrected chi connectivity index (χ4v) is 2.48. The Morgan fingerprint density at radius 2 is 2.17 bits per heavy atom. The summed E-state index contributed by atoms with van der Waals surface area (Å²) in [7, 11) is 0. The second-order valence-corrected chi connectivity index (χ2v) is 5.43. The lowest BCUT2D eigenvalue weighted by Crippen LogP contribution is -2.29. The van der Waals surface area contributed by atoms with Crippen molar-refractivity contribution in [1.29, 1.82) is 0 Å². The number of ether oxygens (including phenoxy) is 2. The van der Waals surface area contributed by atoms with E-state index < -0.39 is 12.0 Å². The Morgan fingerprint density at radius 1 is 1.39 bits per heavy atom. The summed E-state index contributed by atoms with van der Waals surface area (Å²) < 4.78 is 10.9. The van der Waals surface area contributed by atoms with Gasteiger partial charge in [-0.05, 0) is 6.07 Å². The Morgan fingerprint density at radius 3 is 2.87 bits per heavy atom. The van der Waals surface area contributed by atoms with Crippen LogP contribution in [0.4, 0.5) is 0 Å². The van der Waals surface area contributed by atoms with E-state index in [9.17, 15) is 4.79 Å². The van der Waals surface area contributed by atoms with E-state index in [1.54, 1.807) is 12.3 Å². The molecule has 7 heteroatoms. The molecular weight excluding hydrogens is 296 g/mol. The van der Waals surface area contributed by atoms with Gasteiger partial charge in [0.05, 0.1) is 18.8 Å². The zero-order chi connectivity index (χ0) is 16.1. The highest BCUT2D eigenvalue weighted by Gasteiger charge is 2.38. The summed E-state index contributed by atoms with van der Waals surface area (Å²) in [6.07, 6.45) is 9.89. The molecule has 1 aromatic rings. The van der Waals surface area contributed by atoms with Crippen LogP contribution < -0.4 is 5.32 Å². The van der Waals surface area contributed by atoms with Gasteiger partial charge >= 0.3 is 0 Å². The van der Waals surface area contributed by atoms with Gasteiger partial charge in [-0.2, -0.15) is 10.2 Å². The van der Waals surface area contributed by atoms with Crippen LogP contribution in [0.3, 0.4) is 0 Å². The number of nitrogens with zero attached hydrogens (tertiary/aromatic N) is 3. The molecule has 2 aliphatic rings. The van der Waals surface area contributed by atoms with Crippen molar-refractivity contribution in [3.05, 3.63) is 29.6 Å². The molecular formula is C16H18N4O3. The maximum absolute atomic E-state index is 12.4. The van der Waals surface area contributed by atoms with Gasteiger partial charge in [0.25, 0.3) is 5.91 Å². The Hall–Kier alpha value is -2.30. The number of hydrogen-bond donors (Lipinski definition) is 1. The van der Waals surface area contributed by atoms with Gasteiger partial charge in [-0.1, -0.05) is 0 Å². The number of terminal acetylenes is 1. The predicted molar refractivity (Wildman–Crippen MR) is 81.5 cm³/mol. The van der Waals surface area contributed by atoms with Crippen LogP contribution in [0.5, 0.6) is 0 Å². The number of hydrogen-bond acceptors (Lipinski definition) is 6. The summed E-state index contributed by atoms with van der Waals surface area (Å²) in [5.74, 6) is 2.38. The van der Waals surface area contributed by atoms with Crippen molar-refractivity contribution < 1.29 is 14.3 Å². The minimum atomic E-state index is -0.505. The van der Waals surface area contributed by atoms with E-state index in [1.165, 1.54) is 6.20 Å².